The maximum atomic E-state index is 12.2. The van der Waals surface area contributed by atoms with Crippen LogP contribution in [0.1, 0.15) is 55.5 Å². The molecule has 1 fully saturated rings. The highest BCUT2D eigenvalue weighted by Gasteiger charge is 2.48. The van der Waals surface area contributed by atoms with E-state index in [1.807, 2.05) is 12.1 Å². The molecule has 2 rings (SSSR count). The minimum absolute atomic E-state index is 0.0406. The predicted octanol–water partition coefficient (Wildman–Crippen LogP) is 2.79. The Labute approximate surface area is 119 Å². The Bertz CT molecular complexity index is 517. The molecule has 4 nitrogen and oxygen atoms in total. The number of amides is 1. The molecule has 1 aromatic carbocycles. The first-order valence-corrected chi connectivity index (χ1v) is 7.00. The molecule has 1 aliphatic rings. The lowest BCUT2D eigenvalue weighted by Gasteiger charge is -2.26. The van der Waals surface area contributed by atoms with E-state index in [0.29, 0.717) is 11.5 Å². The van der Waals surface area contributed by atoms with E-state index in [2.05, 4.69) is 19.2 Å². The largest absolute Gasteiger partial charge is 0.480 e. The maximum absolute atomic E-state index is 12.2. The number of benzene rings is 1. The lowest BCUT2D eigenvalue weighted by Crippen LogP contribution is -2.54. The molecule has 0 spiro atoms. The third-order valence-corrected chi connectivity index (χ3v) is 4.05. The molecule has 2 N–H and O–H groups in total. The monoisotopic (exact) mass is 275 g/mol. The van der Waals surface area contributed by atoms with Crippen molar-refractivity contribution in [2.45, 2.75) is 45.1 Å². The van der Waals surface area contributed by atoms with Crippen LogP contribution in [0, 0.1) is 5.92 Å². The Balaban J connectivity index is 2.13. The molecule has 1 saturated carbocycles. The minimum atomic E-state index is -1.16. The first-order chi connectivity index (χ1) is 9.34. The Morgan fingerprint density at radius 1 is 1.25 bits per heavy atom. The normalized spacial score (nSPS) is 17.6. The van der Waals surface area contributed by atoms with Gasteiger partial charge in [-0.2, -0.15) is 0 Å². The summed E-state index contributed by atoms with van der Waals surface area (Å²) in [6.45, 7) is 5.76. The van der Waals surface area contributed by atoms with Crippen molar-refractivity contribution in [2.75, 3.05) is 0 Å². The Kier molecular flexibility index (Phi) is 3.84. The van der Waals surface area contributed by atoms with Crippen molar-refractivity contribution in [3.05, 3.63) is 35.4 Å². The van der Waals surface area contributed by atoms with Gasteiger partial charge in [-0.15, -0.1) is 0 Å². The predicted molar refractivity (Wildman–Crippen MR) is 76.8 cm³/mol. The molecule has 4 heteroatoms. The highest BCUT2D eigenvalue weighted by Crippen LogP contribution is 2.39. The van der Waals surface area contributed by atoms with E-state index < -0.39 is 11.5 Å². The van der Waals surface area contributed by atoms with Crippen LogP contribution in [0.2, 0.25) is 0 Å². The Hall–Kier alpha value is -1.84. The zero-order valence-electron chi connectivity index (χ0n) is 12.1. The van der Waals surface area contributed by atoms with Gasteiger partial charge in [0.15, 0.2) is 0 Å². The van der Waals surface area contributed by atoms with Crippen LogP contribution in [0.3, 0.4) is 0 Å². The summed E-state index contributed by atoms with van der Waals surface area (Å²) in [5.74, 6) is -0.842. The standard InChI is InChI=1S/C16H21NO3/c1-10(2)11-4-6-12(7-5-11)14(18)17-16(3,15(19)20)13-8-9-13/h4-7,10,13H,8-9H2,1-3H3,(H,17,18)(H,19,20). The number of carboxylic acid groups (broad SMARTS) is 1. The molecule has 0 aromatic heterocycles. The molecule has 1 aliphatic carbocycles. The highest BCUT2D eigenvalue weighted by molar-refractivity contribution is 5.98. The fraction of sp³-hybridized carbons (Fsp3) is 0.500. The number of carboxylic acids is 1. The second-order valence-corrected chi connectivity index (χ2v) is 6.01. The van der Waals surface area contributed by atoms with Gasteiger partial charge >= 0.3 is 5.97 Å². The van der Waals surface area contributed by atoms with Crippen molar-refractivity contribution in [1.82, 2.24) is 5.32 Å². The van der Waals surface area contributed by atoms with Gasteiger partial charge in [0.1, 0.15) is 5.54 Å². The number of hydrogen-bond acceptors (Lipinski definition) is 2. The Morgan fingerprint density at radius 2 is 1.80 bits per heavy atom. The zero-order chi connectivity index (χ0) is 14.9. The number of nitrogens with one attached hydrogen (secondary N) is 1. The summed E-state index contributed by atoms with van der Waals surface area (Å²) >= 11 is 0. The summed E-state index contributed by atoms with van der Waals surface area (Å²) in [5, 5.41) is 12.0. The second-order valence-electron chi connectivity index (χ2n) is 6.01. The third kappa shape index (κ3) is 2.84. The molecule has 1 amide bonds. The molecule has 20 heavy (non-hydrogen) atoms. The van der Waals surface area contributed by atoms with Gasteiger partial charge in [0.05, 0.1) is 0 Å². The molecule has 1 aromatic rings. The van der Waals surface area contributed by atoms with Crippen molar-refractivity contribution in [3.63, 3.8) is 0 Å². The van der Waals surface area contributed by atoms with Crippen molar-refractivity contribution >= 4 is 11.9 Å². The first-order valence-electron chi connectivity index (χ1n) is 7.00. The maximum Gasteiger partial charge on any atom is 0.329 e. The number of aliphatic carboxylic acids is 1. The van der Waals surface area contributed by atoms with Crippen LogP contribution in [0.25, 0.3) is 0 Å². The quantitative estimate of drug-likeness (QED) is 0.868. The molecule has 0 bridgehead atoms. The highest BCUT2D eigenvalue weighted by atomic mass is 16.4. The van der Waals surface area contributed by atoms with Gasteiger partial charge in [-0.05, 0) is 49.3 Å². The number of carbonyl (C=O) groups excluding carboxylic acids is 1. The van der Waals surface area contributed by atoms with E-state index in [0.717, 1.165) is 18.4 Å². The van der Waals surface area contributed by atoms with Gasteiger partial charge in [0, 0.05) is 5.56 Å². The number of carbonyl (C=O) groups is 2. The second kappa shape index (κ2) is 5.27. The fourth-order valence-corrected chi connectivity index (χ4v) is 2.32. The summed E-state index contributed by atoms with van der Waals surface area (Å²) in [5.41, 5.74) is 0.501. The molecule has 1 atom stereocenters. The SMILES string of the molecule is CC(C)c1ccc(C(=O)NC(C)(C(=O)O)C2CC2)cc1. The van der Waals surface area contributed by atoms with Crippen LogP contribution >= 0.6 is 0 Å². The van der Waals surface area contributed by atoms with E-state index in [4.69, 9.17) is 0 Å². The van der Waals surface area contributed by atoms with Crippen LogP contribution in [0.4, 0.5) is 0 Å². The molecule has 1 unspecified atom stereocenters. The lowest BCUT2D eigenvalue weighted by atomic mass is 9.95. The molecular weight excluding hydrogens is 254 g/mol. The van der Waals surface area contributed by atoms with Gasteiger partial charge in [-0.3, -0.25) is 4.79 Å². The Morgan fingerprint density at radius 3 is 2.20 bits per heavy atom. The van der Waals surface area contributed by atoms with Crippen LogP contribution < -0.4 is 5.32 Å². The van der Waals surface area contributed by atoms with Crippen LogP contribution in [-0.2, 0) is 4.79 Å². The number of hydrogen-bond donors (Lipinski definition) is 2. The smallest absolute Gasteiger partial charge is 0.329 e. The van der Waals surface area contributed by atoms with Crippen LogP contribution in [-0.4, -0.2) is 22.5 Å². The van der Waals surface area contributed by atoms with Gasteiger partial charge < -0.3 is 10.4 Å². The average molecular weight is 275 g/mol. The van der Waals surface area contributed by atoms with Crippen molar-refractivity contribution in [1.29, 1.82) is 0 Å². The number of rotatable bonds is 5. The summed E-state index contributed by atoms with van der Waals surface area (Å²) in [7, 11) is 0. The minimum Gasteiger partial charge on any atom is -0.480 e. The van der Waals surface area contributed by atoms with E-state index in [-0.39, 0.29) is 11.8 Å². The molecule has 108 valence electrons. The van der Waals surface area contributed by atoms with Crippen molar-refractivity contribution in [3.8, 4) is 0 Å². The van der Waals surface area contributed by atoms with Gasteiger partial charge in [-0.1, -0.05) is 26.0 Å². The van der Waals surface area contributed by atoms with Crippen LogP contribution in [0.5, 0.6) is 0 Å². The lowest BCUT2D eigenvalue weighted by molar-refractivity contribution is -0.144. The zero-order valence-corrected chi connectivity index (χ0v) is 12.1. The third-order valence-electron chi connectivity index (χ3n) is 4.05. The molecule has 0 radical (unpaired) electrons. The van der Waals surface area contributed by atoms with E-state index in [1.54, 1.807) is 19.1 Å². The molecule has 0 saturated heterocycles. The average Bonchev–Trinajstić information content (AvgIpc) is 3.23. The van der Waals surface area contributed by atoms with Gasteiger partial charge in [0.2, 0.25) is 0 Å². The molecule has 0 heterocycles. The summed E-state index contributed by atoms with van der Waals surface area (Å²) in [6.07, 6.45) is 1.71. The van der Waals surface area contributed by atoms with E-state index in [9.17, 15) is 14.7 Å². The van der Waals surface area contributed by atoms with Crippen molar-refractivity contribution < 1.29 is 14.7 Å². The van der Waals surface area contributed by atoms with Gasteiger partial charge in [-0.25, -0.2) is 4.79 Å². The first kappa shape index (κ1) is 14.6. The van der Waals surface area contributed by atoms with E-state index in [1.165, 1.54) is 0 Å². The van der Waals surface area contributed by atoms with Crippen molar-refractivity contribution in [2.24, 2.45) is 5.92 Å². The van der Waals surface area contributed by atoms with Gasteiger partial charge in [0.25, 0.3) is 5.91 Å². The summed E-state index contributed by atoms with van der Waals surface area (Å²) < 4.78 is 0. The molecule has 0 aliphatic heterocycles. The summed E-state index contributed by atoms with van der Waals surface area (Å²) in [6, 6.07) is 7.32. The fourth-order valence-electron chi connectivity index (χ4n) is 2.32. The summed E-state index contributed by atoms with van der Waals surface area (Å²) in [4.78, 5) is 23.6. The van der Waals surface area contributed by atoms with E-state index >= 15 is 0 Å². The topological polar surface area (TPSA) is 66.4 Å². The molecular formula is C16H21NO3. The van der Waals surface area contributed by atoms with Crippen LogP contribution in [0.15, 0.2) is 24.3 Å².